The van der Waals surface area contributed by atoms with Crippen LogP contribution in [0.5, 0.6) is 0 Å². The van der Waals surface area contributed by atoms with Crippen LogP contribution in [-0.2, 0) is 18.4 Å². The Kier molecular flexibility index (Phi) is 37.8. The highest BCUT2D eigenvalue weighted by atomic mass is 31.2. The third kappa shape index (κ3) is 41.0. The van der Waals surface area contributed by atoms with Crippen LogP contribution in [0.3, 0.4) is 0 Å². The number of likely N-dealkylation sites (N-methyl/N-ethyl adjacent to an activating group) is 1. The minimum Gasteiger partial charge on any atom is -0.756 e. The molecule has 0 aromatic carbocycles. The van der Waals surface area contributed by atoms with Gasteiger partial charge >= 0.3 is 0 Å². The Labute approximate surface area is 341 Å². The Balaban J connectivity index is 3.74. The molecule has 0 spiro atoms. The molecule has 0 aliphatic carbocycles. The van der Waals surface area contributed by atoms with Gasteiger partial charge in [0.1, 0.15) is 13.2 Å². The quantitative estimate of drug-likeness (QED) is 0.0276. The van der Waals surface area contributed by atoms with E-state index in [1.807, 2.05) is 34.1 Å². The predicted molar refractivity (Wildman–Crippen MR) is 233 cm³/mol. The maximum atomic E-state index is 12.2. The Hall–Kier alpha value is -1.02. The van der Waals surface area contributed by atoms with Crippen LogP contribution in [0.25, 0.3) is 0 Å². The van der Waals surface area contributed by atoms with Gasteiger partial charge in [-0.2, -0.15) is 0 Å². The fraction of sp³-hybridized carbons (Fsp3) is 0.891. The molecule has 0 aromatic rings. The number of phosphoric acid groups is 1. The first-order valence-corrected chi connectivity index (χ1v) is 24.7. The summed E-state index contributed by atoms with van der Waals surface area (Å²) in [5.41, 5.74) is 0. The Morgan fingerprint density at radius 2 is 1.02 bits per heavy atom. The number of carbonyl (C=O) groups is 1. The van der Waals surface area contributed by atoms with Gasteiger partial charge in [-0.1, -0.05) is 199 Å². The van der Waals surface area contributed by atoms with Gasteiger partial charge in [0, 0.05) is 6.42 Å². The van der Waals surface area contributed by atoms with E-state index in [4.69, 9.17) is 9.05 Å². The van der Waals surface area contributed by atoms with Crippen molar-refractivity contribution in [2.75, 3.05) is 40.9 Å². The highest BCUT2D eigenvalue weighted by Gasteiger charge is 2.23. The van der Waals surface area contributed by atoms with Gasteiger partial charge in [-0.25, -0.2) is 0 Å². The zero-order valence-electron chi connectivity index (χ0n) is 36.9. The average molecular weight is 799 g/mol. The van der Waals surface area contributed by atoms with Crippen molar-refractivity contribution in [3.63, 3.8) is 0 Å². The molecule has 0 aliphatic heterocycles. The molecule has 1 amide bonds. The Morgan fingerprint density at radius 3 is 1.44 bits per heavy atom. The minimum atomic E-state index is -4.56. The highest BCUT2D eigenvalue weighted by Crippen LogP contribution is 2.38. The molecular formula is C46H91N2O6P. The average Bonchev–Trinajstić information content (AvgIpc) is 3.13. The van der Waals surface area contributed by atoms with Crippen molar-refractivity contribution in [1.82, 2.24) is 5.32 Å². The van der Waals surface area contributed by atoms with Crippen LogP contribution >= 0.6 is 7.82 Å². The molecule has 0 saturated carbocycles. The molecule has 8 nitrogen and oxygen atoms in total. The Morgan fingerprint density at radius 1 is 0.618 bits per heavy atom. The lowest BCUT2D eigenvalue weighted by Gasteiger charge is -2.29. The lowest BCUT2D eigenvalue weighted by Crippen LogP contribution is -2.45. The summed E-state index contributed by atoms with van der Waals surface area (Å²) < 4.78 is 22.8. The largest absolute Gasteiger partial charge is 0.756 e. The molecule has 3 atom stereocenters. The van der Waals surface area contributed by atoms with Crippen molar-refractivity contribution in [3.8, 4) is 0 Å². The second-order valence-corrected chi connectivity index (χ2v) is 18.5. The standard InChI is InChI=1S/C46H91N2O6P/c1-6-8-9-10-11-12-13-14-15-16-17-18-19-20-21-22-23-24-25-26-27-28-29-30-31-32-33-34-35-36-37-38-40-45(49)44(47-46(50)39-7-2)43-54-55(51,52)53-42-41-48(3,4)5/h34-35,38,40,44-45,49H,6-33,36-37,39,41-43H2,1-5H3,(H-,47,50,51,52)/b35-34+,40-38+. The van der Waals surface area contributed by atoms with E-state index in [1.54, 1.807) is 6.08 Å². The summed E-state index contributed by atoms with van der Waals surface area (Å²) in [5.74, 6) is -0.260. The van der Waals surface area contributed by atoms with Crippen molar-refractivity contribution < 1.29 is 32.9 Å². The summed E-state index contributed by atoms with van der Waals surface area (Å²) in [6.07, 6.45) is 47.2. The number of aliphatic hydroxyl groups is 1. The van der Waals surface area contributed by atoms with E-state index >= 15 is 0 Å². The van der Waals surface area contributed by atoms with E-state index in [9.17, 15) is 19.4 Å². The van der Waals surface area contributed by atoms with Crippen LogP contribution in [0.1, 0.15) is 213 Å². The first-order valence-electron chi connectivity index (χ1n) is 23.2. The van der Waals surface area contributed by atoms with Crippen molar-refractivity contribution in [2.45, 2.75) is 225 Å². The fourth-order valence-electron chi connectivity index (χ4n) is 6.74. The zero-order valence-corrected chi connectivity index (χ0v) is 37.8. The number of unbranched alkanes of at least 4 members (excludes halogenated alkanes) is 27. The van der Waals surface area contributed by atoms with E-state index in [2.05, 4.69) is 24.4 Å². The van der Waals surface area contributed by atoms with Crippen LogP contribution in [0, 0.1) is 0 Å². The van der Waals surface area contributed by atoms with Gasteiger partial charge in [0.25, 0.3) is 7.82 Å². The first-order chi connectivity index (χ1) is 26.5. The summed E-state index contributed by atoms with van der Waals surface area (Å²) in [6.45, 7) is 4.26. The SMILES string of the molecule is CCCCCCCCCCCCCCCCCCCCCCCCCCCC/C=C/CC/C=C/C(O)C(COP(=O)([O-])OCC[N+](C)(C)C)NC(=O)CCC. The number of allylic oxidation sites excluding steroid dienone is 3. The normalized spacial score (nSPS) is 14.5. The molecule has 9 heteroatoms. The summed E-state index contributed by atoms with van der Waals surface area (Å²) in [6, 6.07) is -0.895. The molecule has 2 N–H and O–H groups in total. The predicted octanol–water partition coefficient (Wildman–Crippen LogP) is 12.3. The first kappa shape index (κ1) is 54.0. The number of nitrogens with one attached hydrogen (secondary N) is 1. The molecule has 0 radical (unpaired) electrons. The third-order valence-corrected chi connectivity index (χ3v) is 11.3. The summed E-state index contributed by atoms with van der Waals surface area (Å²) in [4.78, 5) is 24.4. The van der Waals surface area contributed by atoms with E-state index < -0.39 is 26.6 Å². The van der Waals surface area contributed by atoms with Crippen molar-refractivity contribution in [2.24, 2.45) is 0 Å². The molecule has 0 saturated heterocycles. The number of phosphoric ester groups is 1. The molecule has 0 fully saturated rings. The van der Waals surface area contributed by atoms with E-state index in [0.29, 0.717) is 17.4 Å². The van der Waals surface area contributed by atoms with Crippen LogP contribution in [0.2, 0.25) is 0 Å². The van der Waals surface area contributed by atoms with Crippen LogP contribution in [0.4, 0.5) is 0 Å². The number of aliphatic hydroxyl groups excluding tert-OH is 1. The summed E-state index contributed by atoms with van der Waals surface area (Å²) in [5, 5.41) is 13.4. The molecule has 0 heterocycles. The summed E-state index contributed by atoms with van der Waals surface area (Å²) in [7, 11) is 1.24. The molecular weight excluding hydrogens is 707 g/mol. The van der Waals surface area contributed by atoms with Gasteiger partial charge in [-0.15, -0.1) is 0 Å². The number of amides is 1. The van der Waals surface area contributed by atoms with E-state index in [1.165, 1.54) is 167 Å². The fourth-order valence-corrected chi connectivity index (χ4v) is 7.47. The van der Waals surface area contributed by atoms with Crippen molar-refractivity contribution >= 4 is 13.7 Å². The lowest BCUT2D eigenvalue weighted by molar-refractivity contribution is -0.870. The number of quaternary nitrogens is 1. The molecule has 0 bridgehead atoms. The van der Waals surface area contributed by atoms with Crippen molar-refractivity contribution in [3.05, 3.63) is 24.3 Å². The molecule has 3 unspecified atom stereocenters. The maximum absolute atomic E-state index is 12.2. The number of carbonyl (C=O) groups excluding carboxylic acids is 1. The number of hydrogen-bond donors (Lipinski definition) is 2. The van der Waals surface area contributed by atoms with Gasteiger partial charge < -0.3 is 28.8 Å². The number of nitrogens with zero attached hydrogens (tertiary/aromatic N) is 1. The monoisotopic (exact) mass is 799 g/mol. The second kappa shape index (κ2) is 38.5. The second-order valence-electron chi connectivity index (χ2n) is 17.1. The molecule has 0 rings (SSSR count). The lowest BCUT2D eigenvalue weighted by atomic mass is 10.0. The summed E-state index contributed by atoms with van der Waals surface area (Å²) >= 11 is 0. The molecule has 0 aromatic heterocycles. The van der Waals surface area contributed by atoms with E-state index in [-0.39, 0.29) is 18.9 Å². The third-order valence-electron chi connectivity index (χ3n) is 10.4. The molecule has 326 valence electrons. The van der Waals surface area contributed by atoms with Gasteiger partial charge in [0.05, 0.1) is 39.9 Å². The highest BCUT2D eigenvalue weighted by molar-refractivity contribution is 7.45. The van der Waals surface area contributed by atoms with Gasteiger partial charge in [-0.05, 0) is 32.1 Å². The maximum Gasteiger partial charge on any atom is 0.268 e. The smallest absolute Gasteiger partial charge is 0.268 e. The van der Waals surface area contributed by atoms with Gasteiger partial charge in [0.15, 0.2) is 0 Å². The van der Waals surface area contributed by atoms with E-state index in [0.717, 1.165) is 19.3 Å². The van der Waals surface area contributed by atoms with Gasteiger partial charge in [0.2, 0.25) is 5.91 Å². The number of rotatable bonds is 42. The minimum absolute atomic E-state index is 0.00713. The van der Waals surface area contributed by atoms with Crippen LogP contribution < -0.4 is 10.2 Å². The Bertz CT molecular complexity index is 953. The van der Waals surface area contributed by atoms with Crippen LogP contribution in [0.15, 0.2) is 24.3 Å². The van der Waals surface area contributed by atoms with Crippen LogP contribution in [-0.4, -0.2) is 68.5 Å². The van der Waals surface area contributed by atoms with Crippen molar-refractivity contribution in [1.29, 1.82) is 0 Å². The molecule has 0 aliphatic rings. The topological polar surface area (TPSA) is 108 Å². The van der Waals surface area contributed by atoms with Gasteiger partial charge in [-0.3, -0.25) is 9.36 Å². The number of hydrogen-bond acceptors (Lipinski definition) is 6. The zero-order chi connectivity index (χ0) is 40.7. The molecule has 55 heavy (non-hydrogen) atoms.